The van der Waals surface area contributed by atoms with Gasteiger partial charge in [-0.05, 0) is 24.1 Å². The molecular weight excluding hydrogens is 360 g/mol. The first-order chi connectivity index (χ1) is 13.2. The molecule has 1 heterocycles. The van der Waals surface area contributed by atoms with Crippen LogP contribution in [0.3, 0.4) is 0 Å². The zero-order valence-corrected chi connectivity index (χ0v) is 16.5. The predicted molar refractivity (Wildman–Crippen MR) is 108 cm³/mol. The van der Waals surface area contributed by atoms with Gasteiger partial charge >= 0.3 is 5.97 Å². The van der Waals surface area contributed by atoms with Crippen LogP contribution in [0.4, 0.5) is 0 Å². The molecule has 6 heteroatoms. The third-order valence-corrected chi connectivity index (χ3v) is 5.13. The van der Waals surface area contributed by atoms with Gasteiger partial charge in [-0.3, -0.25) is 4.79 Å². The van der Waals surface area contributed by atoms with Crippen LogP contribution in [-0.4, -0.2) is 35.0 Å². The van der Waals surface area contributed by atoms with E-state index in [9.17, 15) is 4.79 Å². The van der Waals surface area contributed by atoms with Crippen molar-refractivity contribution in [3.8, 4) is 5.75 Å². The number of thioether (sulfide) groups is 1. The van der Waals surface area contributed by atoms with Crippen molar-refractivity contribution >= 4 is 28.8 Å². The zero-order valence-electron chi connectivity index (χ0n) is 15.7. The monoisotopic (exact) mass is 384 g/mol. The highest BCUT2D eigenvalue weighted by Crippen LogP contribution is 2.28. The van der Waals surface area contributed by atoms with Gasteiger partial charge in [-0.25, -0.2) is 4.98 Å². The molecule has 0 aliphatic rings. The summed E-state index contributed by atoms with van der Waals surface area (Å²) >= 11 is 1.41. The quantitative estimate of drug-likeness (QED) is 0.308. The highest BCUT2D eigenvalue weighted by atomic mass is 32.2. The van der Waals surface area contributed by atoms with Crippen molar-refractivity contribution in [1.82, 2.24) is 9.55 Å². The van der Waals surface area contributed by atoms with Crippen LogP contribution < -0.4 is 4.74 Å². The Balaban J connectivity index is 1.83. The highest BCUT2D eigenvalue weighted by molar-refractivity contribution is 7.99. The lowest BCUT2D eigenvalue weighted by Gasteiger charge is -2.09. The van der Waals surface area contributed by atoms with Crippen LogP contribution in [0.5, 0.6) is 5.75 Å². The molecular formula is C21H24N2O3S. The molecule has 0 atom stereocenters. The standard InChI is InChI=1S/C21H24N2O3S/c1-3-4-12-26-20(24)15-27-21-22-18-13-17(25-2)10-11-19(18)23(21)14-16-8-6-5-7-9-16/h5-11,13H,3-4,12,14-15H2,1-2H3. The first-order valence-electron chi connectivity index (χ1n) is 9.08. The van der Waals surface area contributed by atoms with Crippen molar-refractivity contribution < 1.29 is 14.3 Å². The van der Waals surface area contributed by atoms with E-state index in [1.54, 1.807) is 7.11 Å². The first-order valence-corrected chi connectivity index (χ1v) is 10.1. The number of fused-ring (bicyclic) bond motifs is 1. The predicted octanol–water partition coefficient (Wildman–Crippen LogP) is 4.53. The Kier molecular flexibility index (Phi) is 6.76. The number of esters is 1. The minimum Gasteiger partial charge on any atom is -0.497 e. The van der Waals surface area contributed by atoms with E-state index in [4.69, 9.17) is 14.5 Å². The Morgan fingerprint density at radius 2 is 2.00 bits per heavy atom. The molecule has 2 aromatic carbocycles. The molecule has 0 aliphatic carbocycles. The molecule has 0 fully saturated rings. The molecule has 0 N–H and O–H groups in total. The van der Waals surface area contributed by atoms with E-state index in [0.29, 0.717) is 13.2 Å². The van der Waals surface area contributed by atoms with Gasteiger partial charge in [-0.15, -0.1) is 0 Å². The molecule has 27 heavy (non-hydrogen) atoms. The van der Waals surface area contributed by atoms with Crippen molar-refractivity contribution in [2.75, 3.05) is 19.5 Å². The summed E-state index contributed by atoms with van der Waals surface area (Å²) in [4.78, 5) is 16.7. The summed E-state index contributed by atoms with van der Waals surface area (Å²) in [5, 5.41) is 0.801. The third kappa shape index (κ3) is 5.04. The Morgan fingerprint density at radius 1 is 1.19 bits per heavy atom. The number of unbranched alkanes of at least 4 members (excludes halogenated alkanes) is 1. The summed E-state index contributed by atoms with van der Waals surface area (Å²) < 4.78 is 12.7. The number of ether oxygens (including phenoxy) is 2. The highest BCUT2D eigenvalue weighted by Gasteiger charge is 2.15. The van der Waals surface area contributed by atoms with Crippen molar-refractivity contribution in [1.29, 1.82) is 0 Å². The van der Waals surface area contributed by atoms with Gasteiger partial charge in [0.15, 0.2) is 5.16 Å². The van der Waals surface area contributed by atoms with Crippen LogP contribution >= 0.6 is 11.8 Å². The maximum Gasteiger partial charge on any atom is 0.316 e. The molecule has 1 aromatic heterocycles. The maximum atomic E-state index is 12.0. The number of hydrogen-bond acceptors (Lipinski definition) is 5. The van der Waals surface area contributed by atoms with Gasteiger partial charge in [-0.2, -0.15) is 0 Å². The van der Waals surface area contributed by atoms with Crippen LogP contribution in [0.1, 0.15) is 25.3 Å². The summed E-state index contributed by atoms with van der Waals surface area (Å²) in [6, 6.07) is 16.1. The lowest BCUT2D eigenvalue weighted by molar-refractivity contribution is -0.140. The van der Waals surface area contributed by atoms with Gasteiger partial charge < -0.3 is 14.0 Å². The molecule has 0 unspecified atom stereocenters. The largest absolute Gasteiger partial charge is 0.497 e. The summed E-state index contributed by atoms with van der Waals surface area (Å²) in [6.07, 6.45) is 1.90. The van der Waals surface area contributed by atoms with E-state index in [-0.39, 0.29) is 11.7 Å². The van der Waals surface area contributed by atoms with Gasteiger partial charge in [0, 0.05) is 6.07 Å². The van der Waals surface area contributed by atoms with Crippen LogP contribution in [0.2, 0.25) is 0 Å². The number of imidazole rings is 1. The van der Waals surface area contributed by atoms with Gasteiger partial charge in [0.2, 0.25) is 0 Å². The fourth-order valence-electron chi connectivity index (χ4n) is 2.74. The molecule has 0 saturated heterocycles. The Morgan fingerprint density at radius 3 is 2.74 bits per heavy atom. The SMILES string of the molecule is CCCCOC(=O)CSc1nc2cc(OC)ccc2n1Cc1ccccc1. The number of hydrogen-bond donors (Lipinski definition) is 0. The van der Waals surface area contributed by atoms with Gasteiger partial charge in [0.05, 0.1) is 37.0 Å². The molecule has 3 rings (SSSR count). The van der Waals surface area contributed by atoms with Crippen LogP contribution in [0, 0.1) is 0 Å². The molecule has 0 aliphatic heterocycles. The summed E-state index contributed by atoms with van der Waals surface area (Å²) in [5.41, 5.74) is 3.05. The normalized spacial score (nSPS) is 10.9. The molecule has 0 saturated carbocycles. The number of benzene rings is 2. The van der Waals surface area contributed by atoms with E-state index in [1.807, 2.05) is 36.4 Å². The first kappa shape index (κ1) is 19.3. The summed E-state index contributed by atoms with van der Waals surface area (Å²) in [7, 11) is 1.64. The van der Waals surface area contributed by atoms with Gasteiger partial charge in [0.1, 0.15) is 5.75 Å². The second-order valence-corrected chi connectivity index (χ2v) is 7.13. The van der Waals surface area contributed by atoms with Crippen LogP contribution in [0.15, 0.2) is 53.7 Å². The number of rotatable bonds is 9. The molecule has 142 valence electrons. The van der Waals surface area contributed by atoms with E-state index in [0.717, 1.165) is 34.8 Å². The number of aromatic nitrogens is 2. The number of carbonyl (C=O) groups is 1. The minimum absolute atomic E-state index is 0.204. The maximum absolute atomic E-state index is 12.0. The van der Waals surface area contributed by atoms with Crippen molar-refractivity contribution in [2.45, 2.75) is 31.5 Å². The number of methoxy groups -OCH3 is 1. The Hall–Kier alpha value is -2.47. The van der Waals surface area contributed by atoms with Crippen LogP contribution in [-0.2, 0) is 16.1 Å². The fourth-order valence-corrected chi connectivity index (χ4v) is 3.55. The zero-order chi connectivity index (χ0) is 19.1. The van der Waals surface area contributed by atoms with E-state index < -0.39 is 0 Å². The molecule has 5 nitrogen and oxygen atoms in total. The Bertz CT molecular complexity index is 893. The lowest BCUT2D eigenvalue weighted by atomic mass is 10.2. The van der Waals surface area contributed by atoms with Gasteiger partial charge in [0.25, 0.3) is 0 Å². The number of nitrogens with zero attached hydrogens (tertiary/aromatic N) is 2. The van der Waals surface area contributed by atoms with E-state index >= 15 is 0 Å². The van der Waals surface area contributed by atoms with Crippen molar-refractivity contribution in [3.63, 3.8) is 0 Å². The fraction of sp³-hybridized carbons (Fsp3) is 0.333. The van der Waals surface area contributed by atoms with Crippen molar-refractivity contribution in [3.05, 3.63) is 54.1 Å². The lowest BCUT2D eigenvalue weighted by Crippen LogP contribution is -2.09. The van der Waals surface area contributed by atoms with Crippen LogP contribution in [0.25, 0.3) is 11.0 Å². The third-order valence-electron chi connectivity index (χ3n) is 4.18. The average molecular weight is 385 g/mol. The van der Waals surface area contributed by atoms with Gasteiger partial charge in [-0.1, -0.05) is 55.4 Å². The number of carbonyl (C=O) groups excluding carboxylic acids is 1. The molecule has 0 amide bonds. The molecule has 0 radical (unpaired) electrons. The average Bonchev–Trinajstić information content (AvgIpc) is 3.04. The van der Waals surface area contributed by atoms with E-state index in [1.165, 1.54) is 17.3 Å². The van der Waals surface area contributed by atoms with E-state index in [2.05, 4.69) is 23.6 Å². The minimum atomic E-state index is -0.204. The molecule has 0 spiro atoms. The molecule has 0 bridgehead atoms. The second-order valence-electron chi connectivity index (χ2n) is 6.18. The Labute approximate surface area is 163 Å². The summed E-state index contributed by atoms with van der Waals surface area (Å²) in [6.45, 7) is 3.24. The summed E-state index contributed by atoms with van der Waals surface area (Å²) in [5.74, 6) is 0.811. The second kappa shape index (κ2) is 9.46. The smallest absolute Gasteiger partial charge is 0.316 e. The topological polar surface area (TPSA) is 53.4 Å². The molecule has 3 aromatic rings. The van der Waals surface area contributed by atoms with Crippen molar-refractivity contribution in [2.24, 2.45) is 0 Å².